The molecule has 0 saturated carbocycles. The number of hydrogen-bond acceptors (Lipinski definition) is 4. The van der Waals surface area contributed by atoms with Gasteiger partial charge in [-0.15, -0.1) is 0 Å². The van der Waals surface area contributed by atoms with Crippen molar-refractivity contribution < 1.29 is 18.7 Å². The molecule has 2 aliphatic rings. The Morgan fingerprint density at radius 1 is 1.00 bits per heavy atom. The van der Waals surface area contributed by atoms with Crippen LogP contribution in [-0.4, -0.2) is 41.2 Å². The minimum atomic E-state index is -0.147. The first-order valence-corrected chi connectivity index (χ1v) is 12.5. The molecule has 1 saturated heterocycles. The molecular weight excluding hydrogens is 440 g/mol. The van der Waals surface area contributed by atoms with Crippen LogP contribution >= 0.6 is 0 Å². The summed E-state index contributed by atoms with van der Waals surface area (Å²) < 4.78 is 11.9. The molecule has 35 heavy (non-hydrogen) atoms. The molecule has 0 spiro atoms. The summed E-state index contributed by atoms with van der Waals surface area (Å²) in [6.07, 6.45) is 2.91. The lowest BCUT2D eigenvalue weighted by Crippen LogP contribution is -2.42. The standard InChI is InChI=1S/C29H32N2O4/c1-20(2)28(32)31-17-14-21-10-11-23(18-25(21)27(31)22-8-4-3-5-9-22)34-19-24-12-13-26(35-24)29(33)30-15-6-7-16-30/h3-5,8-13,18,20,27H,6-7,14-17,19H2,1-2H3/t27-/m0/s1. The average molecular weight is 473 g/mol. The molecule has 3 heterocycles. The van der Waals surface area contributed by atoms with Crippen LogP contribution in [0.4, 0.5) is 0 Å². The number of amides is 2. The molecule has 2 aliphatic heterocycles. The van der Waals surface area contributed by atoms with Crippen LogP contribution in [0.3, 0.4) is 0 Å². The zero-order valence-corrected chi connectivity index (χ0v) is 20.4. The largest absolute Gasteiger partial charge is 0.486 e. The lowest BCUT2D eigenvalue weighted by Gasteiger charge is -2.39. The minimum Gasteiger partial charge on any atom is -0.486 e. The molecule has 2 aromatic carbocycles. The number of rotatable bonds is 6. The van der Waals surface area contributed by atoms with E-state index >= 15 is 0 Å². The van der Waals surface area contributed by atoms with Gasteiger partial charge in [-0.1, -0.05) is 50.2 Å². The summed E-state index contributed by atoms with van der Waals surface area (Å²) in [6, 6.07) is 19.7. The first-order chi connectivity index (χ1) is 17.0. The molecule has 2 amide bonds. The summed E-state index contributed by atoms with van der Waals surface area (Å²) in [7, 11) is 0. The van der Waals surface area contributed by atoms with Crippen molar-refractivity contribution in [3.05, 3.63) is 88.9 Å². The Kier molecular flexibility index (Phi) is 6.62. The second-order valence-corrected chi connectivity index (χ2v) is 9.66. The summed E-state index contributed by atoms with van der Waals surface area (Å²) in [5, 5.41) is 0. The van der Waals surface area contributed by atoms with Crippen molar-refractivity contribution in [1.29, 1.82) is 0 Å². The highest BCUT2D eigenvalue weighted by molar-refractivity contribution is 5.91. The van der Waals surface area contributed by atoms with Crippen molar-refractivity contribution >= 4 is 11.8 Å². The smallest absolute Gasteiger partial charge is 0.289 e. The SMILES string of the molecule is CC(C)C(=O)N1CCc2ccc(OCc3ccc(C(=O)N4CCCC4)o3)cc2[C@@H]1c1ccccc1. The number of fused-ring (bicyclic) bond motifs is 1. The average Bonchev–Trinajstić information content (AvgIpc) is 3.59. The maximum Gasteiger partial charge on any atom is 0.289 e. The molecule has 3 aromatic rings. The van der Waals surface area contributed by atoms with Crippen molar-refractivity contribution in [3.8, 4) is 5.75 Å². The highest BCUT2D eigenvalue weighted by atomic mass is 16.5. The van der Waals surface area contributed by atoms with Crippen LogP contribution in [0, 0.1) is 5.92 Å². The molecule has 1 aromatic heterocycles. The van der Waals surface area contributed by atoms with Gasteiger partial charge >= 0.3 is 0 Å². The van der Waals surface area contributed by atoms with E-state index < -0.39 is 0 Å². The number of ether oxygens (including phenoxy) is 1. The Balaban J connectivity index is 1.36. The number of hydrogen-bond donors (Lipinski definition) is 0. The van der Waals surface area contributed by atoms with Gasteiger partial charge in [-0.25, -0.2) is 0 Å². The number of carbonyl (C=O) groups is 2. The van der Waals surface area contributed by atoms with E-state index in [1.807, 2.05) is 54.0 Å². The summed E-state index contributed by atoms with van der Waals surface area (Å²) in [4.78, 5) is 29.5. The number of nitrogens with zero attached hydrogens (tertiary/aromatic N) is 2. The molecule has 5 rings (SSSR count). The van der Waals surface area contributed by atoms with Crippen LogP contribution < -0.4 is 4.74 Å². The Morgan fingerprint density at radius 2 is 1.77 bits per heavy atom. The minimum absolute atomic E-state index is 0.0526. The van der Waals surface area contributed by atoms with E-state index in [0.29, 0.717) is 23.8 Å². The fourth-order valence-corrected chi connectivity index (χ4v) is 5.05. The lowest BCUT2D eigenvalue weighted by molar-refractivity contribution is -0.136. The normalized spacial score (nSPS) is 17.5. The van der Waals surface area contributed by atoms with Crippen LogP contribution in [0.25, 0.3) is 0 Å². The van der Waals surface area contributed by atoms with Crippen molar-refractivity contribution in [3.63, 3.8) is 0 Å². The fourth-order valence-electron chi connectivity index (χ4n) is 5.05. The second-order valence-electron chi connectivity index (χ2n) is 9.66. The number of carbonyl (C=O) groups excluding carboxylic acids is 2. The lowest BCUT2D eigenvalue weighted by atomic mass is 9.87. The molecule has 1 atom stereocenters. The van der Waals surface area contributed by atoms with Crippen molar-refractivity contribution in [2.45, 2.75) is 45.8 Å². The number of benzene rings is 2. The Bertz CT molecular complexity index is 1190. The van der Waals surface area contributed by atoms with Gasteiger partial charge in [-0.3, -0.25) is 9.59 Å². The summed E-state index contributed by atoms with van der Waals surface area (Å²) in [5.74, 6) is 1.72. The Labute approximate surface area is 206 Å². The number of furan rings is 1. The zero-order valence-electron chi connectivity index (χ0n) is 20.4. The molecule has 1 fully saturated rings. The van der Waals surface area contributed by atoms with Gasteiger partial charge in [0, 0.05) is 25.6 Å². The second kappa shape index (κ2) is 9.98. The van der Waals surface area contributed by atoms with Gasteiger partial charge in [-0.05, 0) is 60.2 Å². The molecule has 6 heteroatoms. The van der Waals surface area contributed by atoms with Crippen LogP contribution in [0.1, 0.15) is 65.7 Å². The zero-order chi connectivity index (χ0) is 24.4. The summed E-state index contributed by atoms with van der Waals surface area (Å²) in [6.45, 7) is 6.41. The third-order valence-corrected chi connectivity index (χ3v) is 6.88. The first kappa shape index (κ1) is 23.2. The van der Waals surface area contributed by atoms with Gasteiger partial charge < -0.3 is 19.0 Å². The van der Waals surface area contributed by atoms with E-state index in [9.17, 15) is 9.59 Å². The monoisotopic (exact) mass is 472 g/mol. The van der Waals surface area contributed by atoms with E-state index in [4.69, 9.17) is 9.15 Å². The summed E-state index contributed by atoms with van der Waals surface area (Å²) in [5.41, 5.74) is 3.42. The molecule has 0 N–H and O–H groups in total. The van der Waals surface area contributed by atoms with Gasteiger partial charge in [0.1, 0.15) is 18.1 Å². The third-order valence-electron chi connectivity index (χ3n) is 6.88. The first-order valence-electron chi connectivity index (χ1n) is 12.5. The molecule has 6 nitrogen and oxygen atoms in total. The highest BCUT2D eigenvalue weighted by Crippen LogP contribution is 2.38. The highest BCUT2D eigenvalue weighted by Gasteiger charge is 2.33. The Morgan fingerprint density at radius 3 is 2.51 bits per heavy atom. The molecule has 0 bridgehead atoms. The maximum atomic E-state index is 13.1. The van der Waals surface area contributed by atoms with Crippen molar-refractivity contribution in [2.24, 2.45) is 5.92 Å². The predicted molar refractivity (Wildman–Crippen MR) is 133 cm³/mol. The maximum absolute atomic E-state index is 13.1. The topological polar surface area (TPSA) is 63.0 Å². The van der Waals surface area contributed by atoms with Crippen LogP contribution in [0.15, 0.2) is 65.1 Å². The van der Waals surface area contributed by atoms with Gasteiger partial charge in [0.25, 0.3) is 5.91 Å². The summed E-state index contributed by atoms with van der Waals surface area (Å²) >= 11 is 0. The van der Waals surface area contributed by atoms with Gasteiger partial charge in [0.2, 0.25) is 5.91 Å². The quantitative estimate of drug-likeness (QED) is 0.493. The van der Waals surface area contributed by atoms with Crippen molar-refractivity contribution in [1.82, 2.24) is 9.80 Å². The van der Waals surface area contributed by atoms with Crippen LogP contribution in [0.5, 0.6) is 5.75 Å². The van der Waals surface area contributed by atoms with E-state index in [1.165, 1.54) is 5.56 Å². The van der Waals surface area contributed by atoms with Crippen LogP contribution in [-0.2, 0) is 17.8 Å². The van der Waals surface area contributed by atoms with Gasteiger partial charge in [0.15, 0.2) is 5.76 Å². The van der Waals surface area contributed by atoms with Gasteiger partial charge in [-0.2, -0.15) is 0 Å². The van der Waals surface area contributed by atoms with E-state index in [0.717, 1.165) is 43.5 Å². The molecule has 182 valence electrons. The number of likely N-dealkylation sites (tertiary alicyclic amines) is 1. The van der Waals surface area contributed by atoms with E-state index in [1.54, 1.807) is 12.1 Å². The molecule has 0 unspecified atom stereocenters. The molecule has 0 aliphatic carbocycles. The van der Waals surface area contributed by atoms with Crippen molar-refractivity contribution in [2.75, 3.05) is 19.6 Å². The molecule has 0 radical (unpaired) electrons. The fraction of sp³-hybridized carbons (Fsp3) is 0.379. The van der Waals surface area contributed by atoms with E-state index in [2.05, 4.69) is 18.2 Å². The van der Waals surface area contributed by atoms with E-state index in [-0.39, 0.29) is 30.4 Å². The predicted octanol–water partition coefficient (Wildman–Crippen LogP) is 5.22. The third kappa shape index (κ3) is 4.83. The van der Waals surface area contributed by atoms with Crippen LogP contribution in [0.2, 0.25) is 0 Å². The Hall–Kier alpha value is -3.54. The van der Waals surface area contributed by atoms with Gasteiger partial charge in [0.05, 0.1) is 6.04 Å². The molecular formula is C29H32N2O4.